The number of nitrogens with one attached hydrogen (secondary N) is 1. The summed E-state index contributed by atoms with van der Waals surface area (Å²) in [6, 6.07) is 6.79. The van der Waals surface area contributed by atoms with Crippen molar-refractivity contribution < 1.29 is 9.90 Å². The summed E-state index contributed by atoms with van der Waals surface area (Å²) < 4.78 is 0. The van der Waals surface area contributed by atoms with E-state index in [1.54, 1.807) is 18.2 Å². The number of nitriles is 1. The molecule has 7 heteroatoms. The Morgan fingerprint density at radius 1 is 1.56 bits per heavy atom. The van der Waals surface area contributed by atoms with Crippen LogP contribution in [0.25, 0.3) is 0 Å². The van der Waals surface area contributed by atoms with E-state index in [4.69, 9.17) is 22.0 Å². The second-order valence-electron chi connectivity index (χ2n) is 3.27. The van der Waals surface area contributed by atoms with Gasteiger partial charge in [-0.2, -0.15) is 5.26 Å². The lowest BCUT2D eigenvalue weighted by atomic mass is 10.2. The summed E-state index contributed by atoms with van der Waals surface area (Å²) in [5.41, 5.74) is 1.03. The monoisotopic (exact) mass is 279 g/mol. The van der Waals surface area contributed by atoms with Gasteiger partial charge in [-0.05, 0) is 18.2 Å². The maximum Gasteiger partial charge on any atom is 0.347 e. The minimum atomic E-state index is -1.02. The summed E-state index contributed by atoms with van der Waals surface area (Å²) in [5.74, 6) is -1.02. The van der Waals surface area contributed by atoms with Gasteiger partial charge < -0.3 is 10.4 Å². The van der Waals surface area contributed by atoms with Crippen molar-refractivity contribution in [2.45, 2.75) is 0 Å². The van der Waals surface area contributed by atoms with Gasteiger partial charge in [0.1, 0.15) is 10.9 Å². The van der Waals surface area contributed by atoms with Crippen molar-refractivity contribution in [2.24, 2.45) is 0 Å². The highest BCUT2D eigenvalue weighted by atomic mass is 35.5. The fourth-order valence-electron chi connectivity index (χ4n) is 1.24. The van der Waals surface area contributed by atoms with Crippen LogP contribution in [0.15, 0.2) is 24.4 Å². The number of halogens is 1. The van der Waals surface area contributed by atoms with E-state index in [2.05, 4.69) is 10.3 Å². The number of carboxylic acids is 1. The molecule has 2 N–H and O–H groups in total. The Bertz CT molecular complexity index is 648. The Morgan fingerprint density at radius 2 is 2.33 bits per heavy atom. The molecule has 0 spiro atoms. The summed E-state index contributed by atoms with van der Waals surface area (Å²) in [6.45, 7) is 0. The third-order valence-corrected chi connectivity index (χ3v) is 3.27. The fraction of sp³-hybridized carbons (Fsp3) is 0. The number of thiazole rings is 1. The number of carbonyl (C=O) groups is 1. The lowest BCUT2D eigenvalue weighted by Crippen LogP contribution is -1.90. The second kappa shape index (κ2) is 5.04. The van der Waals surface area contributed by atoms with Crippen molar-refractivity contribution in [1.82, 2.24) is 4.98 Å². The average Bonchev–Trinajstić information content (AvgIpc) is 2.78. The third kappa shape index (κ3) is 2.59. The van der Waals surface area contributed by atoms with Crippen LogP contribution in [0.5, 0.6) is 0 Å². The van der Waals surface area contributed by atoms with Gasteiger partial charge in [0.15, 0.2) is 5.13 Å². The number of anilines is 2. The molecule has 2 aromatic rings. The molecule has 0 radical (unpaired) electrons. The van der Waals surface area contributed by atoms with Crippen LogP contribution in [-0.2, 0) is 0 Å². The number of carboxylic acid groups (broad SMARTS) is 1. The SMILES string of the molecule is N#Cc1ccc(Nc2ncc(C(=O)O)s2)cc1Cl. The Labute approximate surface area is 111 Å². The topological polar surface area (TPSA) is 86.0 Å². The highest BCUT2D eigenvalue weighted by Gasteiger charge is 2.09. The molecule has 0 aliphatic carbocycles. The maximum absolute atomic E-state index is 10.7. The summed E-state index contributed by atoms with van der Waals surface area (Å²) in [4.78, 5) is 14.8. The van der Waals surface area contributed by atoms with E-state index >= 15 is 0 Å². The molecule has 0 amide bonds. The molecule has 0 bridgehead atoms. The first-order chi connectivity index (χ1) is 8.60. The molecule has 90 valence electrons. The number of aromatic carboxylic acids is 1. The Kier molecular flexibility index (Phi) is 3.46. The van der Waals surface area contributed by atoms with Gasteiger partial charge in [-0.3, -0.25) is 0 Å². The number of benzene rings is 1. The summed E-state index contributed by atoms with van der Waals surface area (Å²) in [7, 11) is 0. The molecule has 0 unspecified atom stereocenters. The zero-order chi connectivity index (χ0) is 13.1. The molecule has 1 heterocycles. The number of rotatable bonds is 3. The smallest absolute Gasteiger partial charge is 0.347 e. The van der Waals surface area contributed by atoms with Gasteiger partial charge in [-0.25, -0.2) is 9.78 Å². The first kappa shape index (κ1) is 12.4. The summed E-state index contributed by atoms with van der Waals surface area (Å²) in [5, 5.41) is 21.2. The lowest BCUT2D eigenvalue weighted by molar-refractivity contribution is 0.0702. The molecule has 2 rings (SSSR count). The highest BCUT2D eigenvalue weighted by Crippen LogP contribution is 2.25. The van der Waals surface area contributed by atoms with E-state index in [-0.39, 0.29) is 4.88 Å². The maximum atomic E-state index is 10.7. The van der Waals surface area contributed by atoms with E-state index < -0.39 is 5.97 Å². The predicted molar refractivity (Wildman–Crippen MR) is 68.5 cm³/mol. The molecule has 0 aliphatic rings. The highest BCUT2D eigenvalue weighted by molar-refractivity contribution is 7.17. The van der Waals surface area contributed by atoms with E-state index in [0.29, 0.717) is 21.4 Å². The van der Waals surface area contributed by atoms with Gasteiger partial charge in [-0.1, -0.05) is 22.9 Å². The van der Waals surface area contributed by atoms with E-state index in [9.17, 15) is 4.79 Å². The van der Waals surface area contributed by atoms with Gasteiger partial charge in [-0.15, -0.1) is 0 Å². The molecule has 0 atom stereocenters. The van der Waals surface area contributed by atoms with Crippen LogP contribution in [0.4, 0.5) is 10.8 Å². The van der Waals surface area contributed by atoms with Crippen molar-refractivity contribution in [2.75, 3.05) is 5.32 Å². The molecule has 1 aromatic carbocycles. The van der Waals surface area contributed by atoms with Crippen molar-refractivity contribution in [3.8, 4) is 6.07 Å². The van der Waals surface area contributed by atoms with Gasteiger partial charge in [0, 0.05) is 5.69 Å². The summed E-state index contributed by atoms with van der Waals surface area (Å²) in [6.07, 6.45) is 1.28. The minimum absolute atomic E-state index is 0.150. The number of aromatic nitrogens is 1. The molecular weight excluding hydrogens is 274 g/mol. The van der Waals surface area contributed by atoms with Crippen molar-refractivity contribution in [3.05, 3.63) is 39.9 Å². The van der Waals surface area contributed by atoms with Crippen LogP contribution in [0.3, 0.4) is 0 Å². The van der Waals surface area contributed by atoms with Crippen LogP contribution in [-0.4, -0.2) is 16.1 Å². The zero-order valence-electron chi connectivity index (χ0n) is 8.85. The summed E-state index contributed by atoms with van der Waals surface area (Å²) >= 11 is 6.90. The van der Waals surface area contributed by atoms with Gasteiger partial charge >= 0.3 is 5.97 Å². The normalized spacial score (nSPS) is 9.78. The van der Waals surface area contributed by atoms with Crippen LogP contribution in [0.2, 0.25) is 5.02 Å². The van der Waals surface area contributed by atoms with Crippen molar-refractivity contribution in [1.29, 1.82) is 5.26 Å². The first-order valence-corrected chi connectivity index (χ1v) is 5.95. The second-order valence-corrected chi connectivity index (χ2v) is 4.70. The molecule has 0 aliphatic heterocycles. The van der Waals surface area contributed by atoms with E-state index in [1.807, 2.05) is 6.07 Å². The van der Waals surface area contributed by atoms with Crippen LogP contribution in [0, 0.1) is 11.3 Å². The zero-order valence-corrected chi connectivity index (χ0v) is 10.4. The number of nitrogens with zero attached hydrogens (tertiary/aromatic N) is 2. The van der Waals surface area contributed by atoms with E-state index in [0.717, 1.165) is 11.3 Å². The lowest BCUT2D eigenvalue weighted by Gasteiger charge is -2.03. The number of hydrogen-bond acceptors (Lipinski definition) is 5. The van der Waals surface area contributed by atoms with Crippen LogP contribution in [0.1, 0.15) is 15.2 Å². The number of hydrogen-bond donors (Lipinski definition) is 2. The quantitative estimate of drug-likeness (QED) is 0.901. The van der Waals surface area contributed by atoms with Crippen LogP contribution >= 0.6 is 22.9 Å². The average molecular weight is 280 g/mol. The molecule has 1 aromatic heterocycles. The molecule has 0 saturated carbocycles. The Balaban J connectivity index is 2.21. The standard InChI is InChI=1S/C11H6ClN3O2S/c12-8-3-7(2-1-6(8)4-13)15-11-14-5-9(18-11)10(16)17/h1-3,5H,(H,14,15)(H,16,17). The predicted octanol–water partition coefficient (Wildman–Crippen LogP) is 3.11. The van der Waals surface area contributed by atoms with Gasteiger partial charge in [0.2, 0.25) is 0 Å². The van der Waals surface area contributed by atoms with Gasteiger partial charge in [0.05, 0.1) is 16.8 Å². The molecule has 18 heavy (non-hydrogen) atoms. The van der Waals surface area contributed by atoms with Gasteiger partial charge in [0.25, 0.3) is 0 Å². The fourth-order valence-corrected chi connectivity index (χ4v) is 2.14. The van der Waals surface area contributed by atoms with E-state index in [1.165, 1.54) is 6.20 Å². The van der Waals surface area contributed by atoms with Crippen LogP contribution < -0.4 is 5.32 Å². The Hall–Kier alpha value is -2.10. The molecule has 5 nitrogen and oxygen atoms in total. The minimum Gasteiger partial charge on any atom is -0.477 e. The molecule has 0 saturated heterocycles. The molecule has 0 fully saturated rings. The molecular formula is C11H6ClN3O2S. The third-order valence-electron chi connectivity index (χ3n) is 2.06. The van der Waals surface area contributed by atoms with Crippen molar-refractivity contribution in [3.63, 3.8) is 0 Å². The van der Waals surface area contributed by atoms with Crippen molar-refractivity contribution >= 4 is 39.7 Å². The largest absolute Gasteiger partial charge is 0.477 e. The first-order valence-electron chi connectivity index (χ1n) is 4.76. The Morgan fingerprint density at radius 3 is 2.89 bits per heavy atom.